The zero-order chi connectivity index (χ0) is 19.2. The first kappa shape index (κ1) is 18.9. The summed E-state index contributed by atoms with van der Waals surface area (Å²) >= 11 is 3.80. The van der Waals surface area contributed by atoms with E-state index in [1.807, 2.05) is 0 Å². The summed E-state index contributed by atoms with van der Waals surface area (Å²) in [6, 6.07) is 4.42. The number of halogens is 1. The van der Waals surface area contributed by atoms with Crippen molar-refractivity contribution >= 4 is 61.4 Å². The molecule has 0 radical (unpaired) electrons. The van der Waals surface area contributed by atoms with Crippen molar-refractivity contribution in [1.29, 1.82) is 0 Å². The van der Waals surface area contributed by atoms with Gasteiger partial charge in [0.15, 0.2) is 22.1 Å². The second-order valence-corrected chi connectivity index (χ2v) is 10.3. The molecule has 11 heteroatoms. The second-order valence-electron chi connectivity index (χ2n) is 6.35. The van der Waals surface area contributed by atoms with E-state index in [2.05, 4.69) is 49.7 Å². The molecule has 0 fully saturated rings. The molecule has 0 bridgehead atoms. The number of fused-ring (bicyclic) bond motifs is 2. The summed E-state index contributed by atoms with van der Waals surface area (Å²) in [7, 11) is -3.62. The van der Waals surface area contributed by atoms with Gasteiger partial charge in [-0.1, -0.05) is 11.8 Å². The first-order valence-electron chi connectivity index (χ1n) is 8.28. The van der Waals surface area contributed by atoms with Gasteiger partial charge in [-0.25, -0.2) is 28.5 Å². The van der Waals surface area contributed by atoms with Crippen molar-refractivity contribution in [2.75, 3.05) is 11.5 Å². The number of rotatable bonds is 5. The van der Waals surface area contributed by atoms with Gasteiger partial charge in [0.25, 0.3) is 0 Å². The Kier molecular flexibility index (Phi) is 5.03. The Labute approximate surface area is 174 Å². The van der Waals surface area contributed by atoms with Gasteiger partial charge in [-0.3, -0.25) is 0 Å². The van der Waals surface area contributed by atoms with Gasteiger partial charge >= 0.3 is 0 Å². The van der Waals surface area contributed by atoms with Gasteiger partial charge in [-0.05, 0) is 65.1 Å². The molecule has 2 aromatic heterocycles. The van der Waals surface area contributed by atoms with E-state index in [4.69, 9.17) is 10.9 Å². The number of hydrogen-bond acceptors (Lipinski definition) is 7. The summed E-state index contributed by atoms with van der Waals surface area (Å²) in [5, 5.41) is 5.81. The lowest BCUT2D eigenvalue weighted by atomic mass is 10.1. The van der Waals surface area contributed by atoms with Crippen molar-refractivity contribution in [1.82, 2.24) is 19.5 Å². The lowest BCUT2D eigenvalue weighted by Crippen LogP contribution is -2.20. The van der Waals surface area contributed by atoms with E-state index in [1.54, 1.807) is 4.57 Å². The number of nitrogen functional groups attached to an aromatic ring is 1. The van der Waals surface area contributed by atoms with Gasteiger partial charge in [-0.15, -0.1) is 0 Å². The molecule has 0 amide bonds. The van der Waals surface area contributed by atoms with Crippen LogP contribution in [0.5, 0.6) is 0 Å². The maximum atomic E-state index is 11.5. The molecular formula is C16H17IN6O2S2. The molecule has 4 N–H and O–H groups in total. The molecule has 8 nitrogen and oxygen atoms in total. The molecular weight excluding hydrogens is 499 g/mol. The lowest BCUT2D eigenvalue weighted by Gasteiger charge is -2.10. The minimum Gasteiger partial charge on any atom is -0.382 e. The Balaban J connectivity index is 1.78. The standard InChI is InChI=1S/C16H17IN6O2S2/c17-11-6-9-2-1-3-10(9)7-12(11)26-16-22-13-14(18)20-8-21-15(13)23(16)4-5-27(19,24)25/h6-8H,1-5H2,(H2,18,20,21)(H2,19,24,25). The summed E-state index contributed by atoms with van der Waals surface area (Å²) in [6.07, 6.45) is 4.73. The predicted molar refractivity (Wildman–Crippen MR) is 113 cm³/mol. The number of aromatic nitrogens is 4. The monoisotopic (exact) mass is 516 g/mol. The van der Waals surface area contributed by atoms with Crippen LogP contribution in [-0.4, -0.2) is 33.7 Å². The molecule has 27 heavy (non-hydrogen) atoms. The molecule has 0 atom stereocenters. The van der Waals surface area contributed by atoms with Crippen molar-refractivity contribution in [3.63, 3.8) is 0 Å². The third-order valence-corrected chi connectivity index (χ3v) is 7.53. The fraction of sp³-hybridized carbons (Fsp3) is 0.312. The molecule has 2 heterocycles. The van der Waals surface area contributed by atoms with Gasteiger partial charge in [0.2, 0.25) is 10.0 Å². The van der Waals surface area contributed by atoms with Crippen molar-refractivity contribution < 1.29 is 8.42 Å². The van der Waals surface area contributed by atoms with E-state index in [9.17, 15) is 8.42 Å². The highest BCUT2D eigenvalue weighted by atomic mass is 127. The highest BCUT2D eigenvalue weighted by Crippen LogP contribution is 2.37. The van der Waals surface area contributed by atoms with Crippen molar-refractivity contribution in [2.45, 2.75) is 35.9 Å². The van der Waals surface area contributed by atoms with Crippen LogP contribution < -0.4 is 10.9 Å². The van der Waals surface area contributed by atoms with Crippen LogP contribution >= 0.6 is 34.4 Å². The van der Waals surface area contributed by atoms with Crippen LogP contribution in [0.2, 0.25) is 0 Å². The maximum absolute atomic E-state index is 11.5. The first-order chi connectivity index (χ1) is 12.8. The van der Waals surface area contributed by atoms with E-state index < -0.39 is 10.0 Å². The number of benzene rings is 1. The summed E-state index contributed by atoms with van der Waals surface area (Å²) < 4.78 is 25.8. The zero-order valence-electron chi connectivity index (χ0n) is 14.2. The van der Waals surface area contributed by atoms with Crippen molar-refractivity contribution in [2.24, 2.45) is 5.14 Å². The molecule has 0 saturated carbocycles. The van der Waals surface area contributed by atoms with Crippen LogP contribution in [0.15, 0.2) is 28.5 Å². The molecule has 0 saturated heterocycles. The Morgan fingerprint density at radius 1 is 1.22 bits per heavy atom. The van der Waals surface area contributed by atoms with Crippen LogP contribution in [-0.2, 0) is 29.4 Å². The highest BCUT2D eigenvalue weighted by Gasteiger charge is 2.20. The lowest BCUT2D eigenvalue weighted by molar-refractivity contribution is 0.587. The maximum Gasteiger partial charge on any atom is 0.210 e. The smallest absolute Gasteiger partial charge is 0.210 e. The third-order valence-electron chi connectivity index (χ3n) is 4.47. The molecule has 1 aliphatic carbocycles. The molecule has 3 aromatic rings. The largest absolute Gasteiger partial charge is 0.382 e. The van der Waals surface area contributed by atoms with Crippen LogP contribution in [0.25, 0.3) is 11.2 Å². The molecule has 0 aliphatic heterocycles. The van der Waals surface area contributed by atoms with Crippen LogP contribution in [0.3, 0.4) is 0 Å². The van der Waals surface area contributed by atoms with Gasteiger partial charge in [0, 0.05) is 15.0 Å². The molecule has 4 rings (SSSR count). The number of imidazole rings is 1. The van der Waals surface area contributed by atoms with Crippen LogP contribution in [0.1, 0.15) is 17.5 Å². The summed E-state index contributed by atoms with van der Waals surface area (Å²) in [6.45, 7) is 0.148. The number of nitrogens with two attached hydrogens (primary N) is 2. The van der Waals surface area contributed by atoms with Gasteiger partial charge in [-0.2, -0.15) is 0 Å². The minimum absolute atomic E-state index is 0.148. The van der Waals surface area contributed by atoms with Gasteiger partial charge < -0.3 is 10.3 Å². The first-order valence-corrected chi connectivity index (χ1v) is 11.9. The third kappa shape index (κ3) is 3.91. The van der Waals surface area contributed by atoms with E-state index in [1.165, 1.54) is 35.6 Å². The normalized spacial score (nSPS) is 14.0. The summed E-state index contributed by atoms with van der Waals surface area (Å²) in [5.74, 6) is 0.0527. The topological polar surface area (TPSA) is 130 Å². The van der Waals surface area contributed by atoms with Crippen molar-refractivity contribution in [3.8, 4) is 0 Å². The summed E-state index contributed by atoms with van der Waals surface area (Å²) in [4.78, 5) is 13.9. The minimum atomic E-state index is -3.62. The van der Waals surface area contributed by atoms with Crippen molar-refractivity contribution in [3.05, 3.63) is 33.2 Å². The number of aryl methyl sites for hydroxylation is 3. The molecule has 142 valence electrons. The zero-order valence-corrected chi connectivity index (χ0v) is 18.0. The van der Waals surface area contributed by atoms with Crippen LogP contribution in [0, 0.1) is 3.57 Å². The van der Waals surface area contributed by atoms with E-state index in [-0.39, 0.29) is 18.1 Å². The fourth-order valence-electron chi connectivity index (χ4n) is 3.18. The number of primary sulfonamides is 1. The van der Waals surface area contributed by atoms with E-state index >= 15 is 0 Å². The van der Waals surface area contributed by atoms with Gasteiger partial charge in [0.1, 0.15) is 6.33 Å². The van der Waals surface area contributed by atoms with Crippen LogP contribution in [0.4, 0.5) is 5.82 Å². The second kappa shape index (κ2) is 7.18. The Morgan fingerprint density at radius 3 is 2.70 bits per heavy atom. The predicted octanol–water partition coefficient (Wildman–Crippen LogP) is 1.94. The average molecular weight is 516 g/mol. The summed E-state index contributed by atoms with van der Waals surface area (Å²) in [5.41, 5.74) is 9.67. The molecule has 1 aromatic carbocycles. The number of anilines is 1. The van der Waals surface area contributed by atoms with E-state index in [0.717, 1.165) is 21.3 Å². The molecule has 0 spiro atoms. The van der Waals surface area contributed by atoms with E-state index in [0.29, 0.717) is 16.3 Å². The van der Waals surface area contributed by atoms with Gasteiger partial charge in [0.05, 0.1) is 5.75 Å². The SMILES string of the molecule is Nc1ncnc2c1nc(Sc1cc3c(cc1I)CCC3)n2CCS(N)(=O)=O. The Hall–Kier alpha value is -1.44. The number of nitrogens with zero attached hydrogens (tertiary/aromatic N) is 4. The molecule has 0 unspecified atom stereocenters. The average Bonchev–Trinajstić information content (AvgIpc) is 3.17. The fourth-order valence-corrected chi connectivity index (χ4v) is 5.46. The quantitative estimate of drug-likeness (QED) is 0.496. The molecule has 1 aliphatic rings. The Morgan fingerprint density at radius 2 is 1.96 bits per heavy atom. The number of hydrogen-bond donors (Lipinski definition) is 2. The highest BCUT2D eigenvalue weighted by molar-refractivity contribution is 14.1. The Bertz CT molecular complexity index is 1150. The number of sulfonamides is 1.